The van der Waals surface area contributed by atoms with Crippen molar-refractivity contribution in [3.8, 4) is 0 Å². The van der Waals surface area contributed by atoms with Crippen molar-refractivity contribution in [2.45, 2.75) is 70.3 Å². The minimum atomic E-state index is -0.0815. The highest BCUT2D eigenvalue weighted by atomic mass is 32.1. The van der Waals surface area contributed by atoms with Gasteiger partial charge in [0.2, 0.25) is 5.91 Å². The molecule has 1 aromatic rings. The number of carbonyl (C=O) groups is 2. The Labute approximate surface area is 159 Å². The maximum atomic E-state index is 12.7. The third kappa shape index (κ3) is 3.53. The summed E-state index contributed by atoms with van der Waals surface area (Å²) in [6.07, 6.45) is 11.4. The van der Waals surface area contributed by atoms with Crippen LogP contribution in [-0.2, 0) is 4.79 Å². The number of piperidine rings is 1. The SMILES string of the molecule is O=C(NC[C@@]12CCC[C@H]1N(CC1CCCCC1)C(=O)CC2)c1cscn1. The van der Waals surface area contributed by atoms with Gasteiger partial charge in [-0.3, -0.25) is 9.59 Å². The molecule has 2 heterocycles. The number of nitrogens with zero attached hydrogens (tertiary/aromatic N) is 2. The lowest BCUT2D eigenvalue weighted by Crippen LogP contribution is -2.57. The summed E-state index contributed by atoms with van der Waals surface area (Å²) < 4.78 is 0. The predicted molar refractivity (Wildman–Crippen MR) is 102 cm³/mol. The zero-order valence-electron chi connectivity index (χ0n) is 15.4. The van der Waals surface area contributed by atoms with Crippen LogP contribution < -0.4 is 5.32 Å². The lowest BCUT2D eigenvalue weighted by atomic mass is 9.74. The van der Waals surface area contributed by atoms with Crippen molar-refractivity contribution in [3.05, 3.63) is 16.6 Å². The minimum absolute atomic E-state index is 0.0637. The molecular weight excluding hydrogens is 346 g/mol. The highest BCUT2D eigenvalue weighted by Gasteiger charge is 2.50. The molecule has 2 atom stereocenters. The van der Waals surface area contributed by atoms with Gasteiger partial charge < -0.3 is 10.2 Å². The van der Waals surface area contributed by atoms with Crippen LogP contribution in [0.15, 0.2) is 10.9 Å². The lowest BCUT2D eigenvalue weighted by molar-refractivity contribution is -0.142. The van der Waals surface area contributed by atoms with Crippen molar-refractivity contribution in [2.24, 2.45) is 11.3 Å². The van der Waals surface area contributed by atoms with E-state index in [4.69, 9.17) is 0 Å². The van der Waals surface area contributed by atoms with E-state index in [2.05, 4.69) is 15.2 Å². The van der Waals surface area contributed by atoms with Crippen LogP contribution in [0.4, 0.5) is 0 Å². The van der Waals surface area contributed by atoms with Crippen LogP contribution >= 0.6 is 11.3 Å². The first kappa shape index (κ1) is 18.0. The standard InChI is InChI=1S/C20H29N3O2S/c24-18-8-10-20(13-21-19(25)16-12-26-14-22-16)9-4-7-17(20)23(18)11-15-5-2-1-3-6-15/h12,14-15,17H,1-11,13H2,(H,21,25)/t17-,20+/m1/s1. The highest BCUT2D eigenvalue weighted by molar-refractivity contribution is 7.07. The largest absolute Gasteiger partial charge is 0.350 e. The van der Waals surface area contributed by atoms with Gasteiger partial charge in [-0.15, -0.1) is 11.3 Å². The Balaban J connectivity index is 1.44. The molecule has 6 heteroatoms. The molecule has 1 N–H and O–H groups in total. The number of likely N-dealkylation sites (tertiary alicyclic amines) is 1. The van der Waals surface area contributed by atoms with Crippen LogP contribution in [0, 0.1) is 11.3 Å². The Morgan fingerprint density at radius 1 is 1.23 bits per heavy atom. The normalized spacial score (nSPS) is 29.6. The van der Waals surface area contributed by atoms with Crippen LogP contribution in [0.5, 0.6) is 0 Å². The second kappa shape index (κ2) is 7.67. The van der Waals surface area contributed by atoms with Gasteiger partial charge in [-0.2, -0.15) is 0 Å². The summed E-state index contributed by atoms with van der Waals surface area (Å²) >= 11 is 1.44. The number of aromatic nitrogens is 1. The van der Waals surface area contributed by atoms with Gasteiger partial charge in [0.1, 0.15) is 5.69 Å². The Kier molecular flexibility index (Phi) is 5.30. The zero-order chi connectivity index (χ0) is 18.0. The molecule has 0 unspecified atom stereocenters. The number of rotatable bonds is 5. The van der Waals surface area contributed by atoms with E-state index in [1.54, 1.807) is 10.9 Å². The Morgan fingerprint density at radius 3 is 2.85 bits per heavy atom. The molecule has 1 saturated heterocycles. The first-order valence-electron chi connectivity index (χ1n) is 10.1. The summed E-state index contributed by atoms with van der Waals surface area (Å²) in [5.41, 5.74) is 2.26. The van der Waals surface area contributed by atoms with Gasteiger partial charge in [-0.25, -0.2) is 4.98 Å². The summed E-state index contributed by atoms with van der Waals surface area (Å²) in [6, 6.07) is 0.307. The predicted octanol–water partition coefficient (Wildman–Crippen LogP) is 3.61. The summed E-state index contributed by atoms with van der Waals surface area (Å²) in [4.78, 5) is 31.4. The van der Waals surface area contributed by atoms with Crippen molar-refractivity contribution in [1.82, 2.24) is 15.2 Å². The van der Waals surface area contributed by atoms with E-state index in [9.17, 15) is 9.59 Å². The molecule has 0 aromatic carbocycles. The topological polar surface area (TPSA) is 62.3 Å². The number of carbonyl (C=O) groups excluding carboxylic acids is 2. The van der Waals surface area contributed by atoms with Crippen molar-refractivity contribution < 1.29 is 9.59 Å². The van der Waals surface area contributed by atoms with Gasteiger partial charge in [0.05, 0.1) is 5.51 Å². The van der Waals surface area contributed by atoms with E-state index in [-0.39, 0.29) is 11.3 Å². The molecule has 0 radical (unpaired) electrons. The molecule has 3 aliphatic rings. The van der Waals surface area contributed by atoms with Crippen LogP contribution in [0.2, 0.25) is 0 Å². The summed E-state index contributed by atoms with van der Waals surface area (Å²) in [5, 5.41) is 4.91. The van der Waals surface area contributed by atoms with Crippen molar-refractivity contribution >= 4 is 23.2 Å². The zero-order valence-corrected chi connectivity index (χ0v) is 16.2. The number of fused-ring (bicyclic) bond motifs is 1. The molecule has 0 bridgehead atoms. The molecule has 5 nitrogen and oxygen atoms in total. The number of hydrogen-bond acceptors (Lipinski definition) is 4. The fraction of sp³-hybridized carbons (Fsp3) is 0.750. The number of thiazole rings is 1. The smallest absolute Gasteiger partial charge is 0.270 e. The minimum Gasteiger partial charge on any atom is -0.350 e. The number of nitrogens with one attached hydrogen (secondary N) is 1. The fourth-order valence-electron chi connectivity index (χ4n) is 5.41. The fourth-order valence-corrected chi connectivity index (χ4v) is 5.95. The lowest BCUT2D eigenvalue weighted by Gasteiger charge is -2.47. The van der Waals surface area contributed by atoms with Crippen LogP contribution in [0.25, 0.3) is 0 Å². The van der Waals surface area contributed by atoms with Crippen molar-refractivity contribution in [1.29, 1.82) is 0 Å². The number of amides is 2. The molecule has 1 aliphatic heterocycles. The highest BCUT2D eigenvalue weighted by Crippen LogP contribution is 2.48. The quantitative estimate of drug-likeness (QED) is 0.855. The maximum absolute atomic E-state index is 12.7. The summed E-state index contributed by atoms with van der Waals surface area (Å²) in [5.74, 6) is 0.930. The maximum Gasteiger partial charge on any atom is 0.270 e. The third-order valence-corrected chi connectivity index (χ3v) is 7.42. The van der Waals surface area contributed by atoms with Crippen molar-refractivity contribution in [3.63, 3.8) is 0 Å². The van der Waals surface area contributed by atoms with E-state index in [1.807, 2.05) is 0 Å². The molecule has 4 rings (SSSR count). The van der Waals surface area contributed by atoms with Gasteiger partial charge in [0.25, 0.3) is 5.91 Å². The molecule has 2 saturated carbocycles. The first-order valence-corrected chi connectivity index (χ1v) is 11.1. The monoisotopic (exact) mass is 375 g/mol. The van der Waals surface area contributed by atoms with Crippen LogP contribution in [-0.4, -0.2) is 40.8 Å². The molecule has 2 amide bonds. The second-order valence-corrected chi connectivity index (χ2v) is 9.10. The Hall–Kier alpha value is -1.43. The molecular formula is C20H29N3O2S. The molecule has 2 aliphatic carbocycles. The van der Waals surface area contributed by atoms with E-state index in [0.717, 1.165) is 32.2 Å². The van der Waals surface area contributed by atoms with Gasteiger partial charge in [0, 0.05) is 36.3 Å². The van der Waals surface area contributed by atoms with Crippen LogP contribution in [0.3, 0.4) is 0 Å². The van der Waals surface area contributed by atoms with Crippen LogP contribution in [0.1, 0.15) is 74.7 Å². The molecule has 0 spiro atoms. The van der Waals surface area contributed by atoms with Gasteiger partial charge in [-0.05, 0) is 38.0 Å². The second-order valence-electron chi connectivity index (χ2n) is 8.38. The van der Waals surface area contributed by atoms with E-state index < -0.39 is 0 Å². The first-order chi connectivity index (χ1) is 12.7. The average Bonchev–Trinajstić information content (AvgIpc) is 3.33. The van der Waals surface area contributed by atoms with E-state index >= 15 is 0 Å². The summed E-state index contributed by atoms with van der Waals surface area (Å²) in [6.45, 7) is 1.60. The van der Waals surface area contributed by atoms with Gasteiger partial charge >= 0.3 is 0 Å². The molecule has 142 valence electrons. The average molecular weight is 376 g/mol. The Morgan fingerprint density at radius 2 is 2.08 bits per heavy atom. The van der Waals surface area contributed by atoms with Gasteiger partial charge in [-0.1, -0.05) is 25.7 Å². The molecule has 3 fully saturated rings. The summed E-state index contributed by atoms with van der Waals surface area (Å²) in [7, 11) is 0. The molecule has 26 heavy (non-hydrogen) atoms. The number of hydrogen-bond donors (Lipinski definition) is 1. The van der Waals surface area contributed by atoms with Gasteiger partial charge in [0.15, 0.2) is 0 Å². The Bertz CT molecular complexity index is 641. The molecule has 1 aromatic heterocycles. The third-order valence-electron chi connectivity index (χ3n) is 6.84. The van der Waals surface area contributed by atoms with Crippen molar-refractivity contribution in [2.75, 3.05) is 13.1 Å². The van der Waals surface area contributed by atoms with E-state index in [1.165, 1.54) is 43.4 Å². The van der Waals surface area contributed by atoms with E-state index in [0.29, 0.717) is 36.5 Å².